The maximum absolute atomic E-state index is 6.03. The summed E-state index contributed by atoms with van der Waals surface area (Å²) in [6.45, 7) is 1.13. The molecule has 3 heterocycles. The number of para-hydroxylation sites is 1. The fraction of sp³-hybridized carbons (Fsp3) is 0.278. The molecule has 3 aliphatic rings. The summed E-state index contributed by atoms with van der Waals surface area (Å²) in [6, 6.07) is 12.2. The fourth-order valence-corrected chi connectivity index (χ4v) is 3.88. The Kier molecular flexibility index (Phi) is 2.71. The highest BCUT2D eigenvalue weighted by Crippen LogP contribution is 2.52. The number of hydrogen-bond acceptors (Lipinski definition) is 5. The Morgan fingerprint density at radius 2 is 2.00 bits per heavy atom. The Hall–Kier alpha value is -2.14. The van der Waals surface area contributed by atoms with Crippen LogP contribution in [0.25, 0.3) is 0 Å². The number of rotatable bonds is 1. The number of hydrogen-bond donors (Lipinski definition) is 0. The molecular formula is C18H15NO3S. The van der Waals surface area contributed by atoms with Crippen LogP contribution in [0.4, 0.5) is 5.69 Å². The summed E-state index contributed by atoms with van der Waals surface area (Å²) in [4.78, 5) is 4.60. The third-order valence-electron chi connectivity index (χ3n) is 4.69. The zero-order valence-electron chi connectivity index (χ0n) is 12.6. The van der Waals surface area contributed by atoms with E-state index in [1.165, 1.54) is 5.56 Å². The van der Waals surface area contributed by atoms with Crippen molar-refractivity contribution < 1.29 is 14.2 Å². The van der Waals surface area contributed by atoms with E-state index < -0.39 is 0 Å². The average Bonchev–Trinajstić information content (AvgIpc) is 3.16. The Bertz CT molecular complexity index is 835. The molecule has 0 saturated heterocycles. The lowest BCUT2D eigenvalue weighted by atomic mass is 9.78. The minimum absolute atomic E-state index is 0.0309. The largest absolute Gasteiger partial charge is 0.491 e. The first-order chi connectivity index (χ1) is 11.3. The summed E-state index contributed by atoms with van der Waals surface area (Å²) in [7, 11) is 0. The van der Waals surface area contributed by atoms with Crippen LogP contribution in [0.15, 0.2) is 41.4 Å². The SMILES string of the molecule is CSC1COc2cc3c(cc2O1)C1(C=Nc2ccccc21)CO3. The van der Waals surface area contributed by atoms with Crippen LogP contribution in [-0.2, 0) is 5.41 Å². The van der Waals surface area contributed by atoms with E-state index in [0.717, 1.165) is 28.5 Å². The van der Waals surface area contributed by atoms with Crippen molar-refractivity contribution in [3.05, 3.63) is 47.5 Å². The average molecular weight is 325 g/mol. The number of aliphatic imine (C=N–C) groups is 1. The molecule has 0 saturated carbocycles. The van der Waals surface area contributed by atoms with Gasteiger partial charge in [0, 0.05) is 17.8 Å². The molecule has 0 N–H and O–H groups in total. The molecule has 0 fully saturated rings. The summed E-state index contributed by atoms with van der Waals surface area (Å²) in [6.07, 6.45) is 4.03. The zero-order valence-corrected chi connectivity index (χ0v) is 13.4. The summed E-state index contributed by atoms with van der Waals surface area (Å²) < 4.78 is 17.8. The third kappa shape index (κ3) is 1.77. The number of thioether (sulfide) groups is 1. The predicted molar refractivity (Wildman–Crippen MR) is 90.7 cm³/mol. The maximum atomic E-state index is 6.03. The Morgan fingerprint density at radius 1 is 1.09 bits per heavy atom. The first-order valence-electron chi connectivity index (χ1n) is 7.58. The third-order valence-corrected chi connectivity index (χ3v) is 5.44. The molecule has 0 aromatic heterocycles. The van der Waals surface area contributed by atoms with Crippen molar-refractivity contribution in [3.63, 3.8) is 0 Å². The Morgan fingerprint density at radius 3 is 2.91 bits per heavy atom. The van der Waals surface area contributed by atoms with Crippen LogP contribution in [0.2, 0.25) is 0 Å². The highest BCUT2D eigenvalue weighted by atomic mass is 32.2. The molecule has 4 nitrogen and oxygen atoms in total. The van der Waals surface area contributed by atoms with Crippen molar-refractivity contribution in [1.82, 2.24) is 0 Å². The van der Waals surface area contributed by atoms with Crippen molar-refractivity contribution >= 4 is 23.7 Å². The van der Waals surface area contributed by atoms with Crippen LogP contribution in [0.5, 0.6) is 17.2 Å². The van der Waals surface area contributed by atoms with Gasteiger partial charge >= 0.3 is 0 Å². The smallest absolute Gasteiger partial charge is 0.178 e. The maximum Gasteiger partial charge on any atom is 0.178 e. The van der Waals surface area contributed by atoms with Gasteiger partial charge in [-0.05, 0) is 24.0 Å². The molecular weight excluding hydrogens is 310 g/mol. The van der Waals surface area contributed by atoms with Crippen LogP contribution in [-0.4, -0.2) is 31.1 Å². The first-order valence-corrected chi connectivity index (χ1v) is 8.87. The van der Waals surface area contributed by atoms with Crippen molar-refractivity contribution in [2.45, 2.75) is 10.9 Å². The van der Waals surface area contributed by atoms with Gasteiger partial charge in [-0.25, -0.2) is 0 Å². The quantitative estimate of drug-likeness (QED) is 0.804. The number of ether oxygens (including phenoxy) is 3. The monoisotopic (exact) mass is 325 g/mol. The number of nitrogens with zero attached hydrogens (tertiary/aromatic N) is 1. The second-order valence-corrected chi connectivity index (χ2v) is 6.92. The molecule has 1 spiro atoms. The van der Waals surface area contributed by atoms with Gasteiger partial charge in [0.25, 0.3) is 0 Å². The minimum atomic E-state index is -0.309. The molecule has 2 aromatic carbocycles. The van der Waals surface area contributed by atoms with Gasteiger partial charge in [-0.3, -0.25) is 4.99 Å². The zero-order chi connectivity index (χ0) is 15.4. The second-order valence-electron chi connectivity index (χ2n) is 5.92. The van der Waals surface area contributed by atoms with Crippen LogP contribution in [0.1, 0.15) is 11.1 Å². The van der Waals surface area contributed by atoms with E-state index in [1.54, 1.807) is 11.8 Å². The lowest BCUT2D eigenvalue weighted by Gasteiger charge is -2.27. The van der Waals surface area contributed by atoms with Gasteiger partial charge in [0.1, 0.15) is 19.0 Å². The first kappa shape index (κ1) is 13.3. The molecule has 5 rings (SSSR count). The minimum Gasteiger partial charge on any atom is -0.491 e. The highest BCUT2D eigenvalue weighted by molar-refractivity contribution is 7.99. The van der Waals surface area contributed by atoms with Gasteiger partial charge in [-0.2, -0.15) is 0 Å². The van der Waals surface area contributed by atoms with E-state index in [9.17, 15) is 0 Å². The Balaban J connectivity index is 1.66. The van der Waals surface area contributed by atoms with Gasteiger partial charge in [0.05, 0.1) is 11.1 Å². The van der Waals surface area contributed by atoms with Crippen molar-refractivity contribution in [1.29, 1.82) is 0 Å². The fourth-order valence-electron chi connectivity index (χ4n) is 3.48. The lowest BCUT2D eigenvalue weighted by molar-refractivity contribution is 0.148. The van der Waals surface area contributed by atoms with Gasteiger partial charge in [0.2, 0.25) is 0 Å². The second kappa shape index (κ2) is 4.68. The van der Waals surface area contributed by atoms with E-state index in [-0.39, 0.29) is 10.9 Å². The molecule has 5 heteroatoms. The normalized spacial score (nSPS) is 26.0. The van der Waals surface area contributed by atoms with E-state index in [4.69, 9.17) is 14.2 Å². The molecule has 0 bridgehead atoms. The lowest BCUT2D eigenvalue weighted by Crippen LogP contribution is -2.29. The van der Waals surface area contributed by atoms with Crippen LogP contribution >= 0.6 is 11.8 Å². The standard InChI is InChI=1S/C18H15NO3S/c1-23-17-8-20-15-7-14-12(6-16(15)22-17)18(10-21-14)9-19-13-5-3-2-4-11(13)18/h2-7,9,17H,8,10H2,1H3. The Labute approximate surface area is 138 Å². The molecule has 116 valence electrons. The van der Waals surface area contributed by atoms with Crippen molar-refractivity contribution in [3.8, 4) is 17.2 Å². The summed E-state index contributed by atoms with van der Waals surface area (Å²) in [5, 5.41) is 0. The van der Waals surface area contributed by atoms with Gasteiger partial charge in [-0.1, -0.05) is 18.2 Å². The molecule has 0 amide bonds. The van der Waals surface area contributed by atoms with Crippen molar-refractivity contribution in [2.24, 2.45) is 4.99 Å². The van der Waals surface area contributed by atoms with E-state index in [0.29, 0.717) is 13.2 Å². The van der Waals surface area contributed by atoms with Crippen LogP contribution in [0, 0.1) is 0 Å². The van der Waals surface area contributed by atoms with Crippen LogP contribution in [0.3, 0.4) is 0 Å². The van der Waals surface area contributed by atoms with E-state index in [1.807, 2.05) is 30.7 Å². The molecule has 0 radical (unpaired) electrons. The topological polar surface area (TPSA) is 40.0 Å². The molecule has 2 unspecified atom stereocenters. The van der Waals surface area contributed by atoms with Gasteiger partial charge < -0.3 is 14.2 Å². The highest BCUT2D eigenvalue weighted by Gasteiger charge is 2.46. The molecule has 0 aliphatic carbocycles. The van der Waals surface area contributed by atoms with Crippen molar-refractivity contribution in [2.75, 3.05) is 19.5 Å². The summed E-state index contributed by atoms with van der Waals surface area (Å²) in [5.41, 5.74) is 3.03. The number of benzene rings is 2. The molecule has 3 aliphatic heterocycles. The molecule has 2 aromatic rings. The van der Waals surface area contributed by atoms with Gasteiger partial charge in [0.15, 0.2) is 16.9 Å². The summed E-state index contributed by atoms with van der Waals surface area (Å²) >= 11 is 1.65. The molecule has 2 atom stereocenters. The predicted octanol–water partition coefficient (Wildman–Crippen LogP) is 3.54. The van der Waals surface area contributed by atoms with E-state index >= 15 is 0 Å². The van der Waals surface area contributed by atoms with E-state index in [2.05, 4.69) is 23.2 Å². The van der Waals surface area contributed by atoms with Gasteiger partial charge in [-0.15, -0.1) is 11.8 Å². The number of fused-ring (bicyclic) bond motifs is 5. The van der Waals surface area contributed by atoms with Crippen LogP contribution < -0.4 is 14.2 Å². The molecule has 23 heavy (non-hydrogen) atoms. The summed E-state index contributed by atoms with van der Waals surface area (Å²) in [5.74, 6) is 2.41.